The van der Waals surface area contributed by atoms with Crippen molar-refractivity contribution >= 4 is 22.9 Å². The summed E-state index contributed by atoms with van der Waals surface area (Å²) in [5, 5.41) is 13.0. The lowest BCUT2D eigenvalue weighted by Gasteiger charge is -2.43. The van der Waals surface area contributed by atoms with Crippen molar-refractivity contribution in [1.82, 2.24) is 15.2 Å². The van der Waals surface area contributed by atoms with E-state index in [0.717, 1.165) is 16.5 Å². The predicted molar refractivity (Wildman–Crippen MR) is 124 cm³/mol. The summed E-state index contributed by atoms with van der Waals surface area (Å²) in [6, 6.07) is 6.81. The van der Waals surface area contributed by atoms with E-state index >= 15 is 0 Å². The molecule has 9 heteroatoms. The number of amides is 2. The Balaban J connectivity index is 0.00000158. The highest BCUT2D eigenvalue weighted by Crippen LogP contribution is 2.53. The first-order chi connectivity index (χ1) is 16.0. The Morgan fingerprint density at radius 3 is 2.62 bits per heavy atom. The number of carbonyl (C=O) groups is 2. The Labute approximate surface area is 198 Å². The minimum absolute atomic E-state index is 0.0633. The van der Waals surface area contributed by atoms with Gasteiger partial charge in [-0.05, 0) is 38.8 Å². The molecule has 1 saturated heterocycles. The standard InChI is InChI=1S/C23H26F2N4O3.C2H6/c1-22(2,3)32-21(31)28-18(8-13-12-27-17-7-5-4-6-15(13)17)20(30)29-14(11-26)9-16-19(29)10-23(16,24)25;1-2/h4-7,12,14,16,18-19,27H,8-10H2,1-3H3,(H,28,31);1-2H3/t14?,16-,18?,19-;/m0./s1. The molecule has 4 rings (SSSR count). The third-order valence-electron chi connectivity index (χ3n) is 6.15. The second-order valence-electron chi connectivity index (χ2n) is 9.53. The number of para-hydroxylation sites is 1. The second-order valence-corrected chi connectivity index (χ2v) is 9.53. The molecule has 2 fully saturated rings. The maximum Gasteiger partial charge on any atom is 0.408 e. The summed E-state index contributed by atoms with van der Waals surface area (Å²) in [4.78, 5) is 30.4. The molecule has 0 spiro atoms. The molecule has 0 radical (unpaired) electrons. The summed E-state index contributed by atoms with van der Waals surface area (Å²) in [6.45, 7) is 9.11. The molecule has 2 amide bonds. The van der Waals surface area contributed by atoms with E-state index in [-0.39, 0.29) is 12.8 Å². The van der Waals surface area contributed by atoms with E-state index < -0.39 is 54.0 Å². The van der Waals surface area contributed by atoms with Crippen LogP contribution in [0.3, 0.4) is 0 Å². The summed E-state index contributed by atoms with van der Waals surface area (Å²) in [5.74, 6) is -4.44. The molecule has 2 aromatic rings. The van der Waals surface area contributed by atoms with Gasteiger partial charge < -0.3 is 19.9 Å². The predicted octanol–water partition coefficient (Wildman–Crippen LogP) is 4.78. The molecule has 1 aromatic heterocycles. The molecular weight excluding hydrogens is 442 g/mol. The first-order valence-corrected chi connectivity index (χ1v) is 11.6. The van der Waals surface area contributed by atoms with Gasteiger partial charge >= 0.3 is 6.09 Å². The first kappa shape index (κ1) is 25.5. The number of likely N-dealkylation sites (tertiary alicyclic amines) is 1. The summed E-state index contributed by atoms with van der Waals surface area (Å²) in [5.41, 5.74) is 0.890. The van der Waals surface area contributed by atoms with Crippen LogP contribution in [0.4, 0.5) is 13.6 Å². The number of aromatic amines is 1. The summed E-state index contributed by atoms with van der Waals surface area (Å²) >= 11 is 0. The van der Waals surface area contributed by atoms with Crippen LogP contribution in [0.2, 0.25) is 0 Å². The molecule has 34 heavy (non-hydrogen) atoms. The molecule has 2 heterocycles. The average Bonchev–Trinajstić information content (AvgIpc) is 3.32. The first-order valence-electron chi connectivity index (χ1n) is 11.6. The number of H-pyrrole nitrogens is 1. The Bertz CT molecular complexity index is 1090. The molecule has 0 bridgehead atoms. The van der Waals surface area contributed by atoms with E-state index in [4.69, 9.17) is 4.74 Å². The maximum atomic E-state index is 14.0. The zero-order chi connectivity index (χ0) is 25.3. The van der Waals surface area contributed by atoms with Gasteiger partial charge in [-0.15, -0.1) is 0 Å². The third kappa shape index (κ3) is 5.01. The number of aromatic nitrogens is 1. The summed E-state index contributed by atoms with van der Waals surface area (Å²) in [7, 11) is 0. The van der Waals surface area contributed by atoms with Crippen molar-refractivity contribution in [2.75, 3.05) is 0 Å². The number of fused-ring (bicyclic) bond motifs is 2. The lowest BCUT2D eigenvalue weighted by atomic mass is 9.75. The number of rotatable bonds is 4. The van der Waals surface area contributed by atoms with Crippen molar-refractivity contribution in [2.24, 2.45) is 5.92 Å². The molecule has 1 aromatic carbocycles. The summed E-state index contributed by atoms with van der Waals surface area (Å²) in [6.07, 6.45) is 0.581. The highest BCUT2D eigenvalue weighted by Gasteiger charge is 2.64. The van der Waals surface area contributed by atoms with Crippen LogP contribution < -0.4 is 5.32 Å². The fourth-order valence-corrected chi connectivity index (χ4v) is 4.68. The number of alkyl halides is 2. The normalized spacial score (nSPS) is 23.6. The highest BCUT2D eigenvalue weighted by molar-refractivity contribution is 5.89. The van der Waals surface area contributed by atoms with Gasteiger partial charge in [0.15, 0.2) is 0 Å². The number of alkyl carbamates (subject to hydrolysis) is 1. The van der Waals surface area contributed by atoms with E-state index in [1.165, 1.54) is 4.90 Å². The number of nitrogens with one attached hydrogen (secondary N) is 2. The Hall–Kier alpha value is -3.15. The van der Waals surface area contributed by atoms with Crippen LogP contribution in [-0.4, -0.2) is 51.5 Å². The number of nitrogens with zero attached hydrogens (tertiary/aromatic N) is 2. The number of nitriles is 1. The molecule has 1 aliphatic heterocycles. The Morgan fingerprint density at radius 2 is 2.00 bits per heavy atom. The zero-order valence-electron chi connectivity index (χ0n) is 20.2. The lowest BCUT2D eigenvalue weighted by molar-refractivity contribution is -0.167. The molecule has 2 unspecified atom stereocenters. The smallest absolute Gasteiger partial charge is 0.408 e. The molecule has 1 saturated carbocycles. The van der Waals surface area contributed by atoms with Gasteiger partial charge in [-0.25, -0.2) is 13.6 Å². The quantitative estimate of drug-likeness (QED) is 0.666. The molecule has 2 aliphatic rings. The van der Waals surface area contributed by atoms with Crippen LogP contribution in [0, 0.1) is 17.2 Å². The fourth-order valence-electron chi connectivity index (χ4n) is 4.68. The molecule has 1 aliphatic carbocycles. The van der Waals surface area contributed by atoms with Crippen molar-refractivity contribution < 1.29 is 23.1 Å². The fraction of sp³-hybridized carbons (Fsp3) is 0.560. The number of ether oxygens (including phenoxy) is 1. The number of hydrogen-bond donors (Lipinski definition) is 2. The monoisotopic (exact) mass is 474 g/mol. The van der Waals surface area contributed by atoms with Crippen LogP contribution >= 0.6 is 0 Å². The van der Waals surface area contributed by atoms with Crippen LogP contribution in [0.25, 0.3) is 10.9 Å². The van der Waals surface area contributed by atoms with Crippen molar-refractivity contribution in [3.63, 3.8) is 0 Å². The topological polar surface area (TPSA) is 98.2 Å². The van der Waals surface area contributed by atoms with E-state index in [1.807, 2.05) is 44.2 Å². The molecule has 4 atom stereocenters. The van der Waals surface area contributed by atoms with E-state index in [0.29, 0.717) is 0 Å². The maximum absolute atomic E-state index is 14.0. The summed E-state index contributed by atoms with van der Waals surface area (Å²) < 4.78 is 33.3. The SMILES string of the molecule is CC.CC(C)(C)OC(=O)NC(Cc1c[nH]c2ccccc12)C(=O)N1C(C#N)C[C@H]2[C@@H]1CC2(F)F. The zero-order valence-corrected chi connectivity index (χ0v) is 20.2. The Morgan fingerprint density at radius 1 is 1.32 bits per heavy atom. The van der Waals surface area contributed by atoms with Gasteiger partial charge in [-0.1, -0.05) is 32.0 Å². The van der Waals surface area contributed by atoms with Crippen LogP contribution in [0.1, 0.15) is 53.0 Å². The van der Waals surface area contributed by atoms with Gasteiger partial charge in [0.2, 0.25) is 5.91 Å². The van der Waals surface area contributed by atoms with Gasteiger partial charge in [-0.3, -0.25) is 4.79 Å². The van der Waals surface area contributed by atoms with E-state index in [1.54, 1.807) is 27.0 Å². The van der Waals surface area contributed by atoms with Gasteiger partial charge in [-0.2, -0.15) is 5.26 Å². The largest absolute Gasteiger partial charge is 0.444 e. The van der Waals surface area contributed by atoms with Gasteiger partial charge in [0.05, 0.1) is 6.07 Å². The molecule has 184 valence electrons. The molecular formula is C25H32F2N4O3. The van der Waals surface area contributed by atoms with Crippen molar-refractivity contribution in [1.29, 1.82) is 5.26 Å². The second kappa shape index (κ2) is 9.61. The average molecular weight is 475 g/mol. The number of halogens is 2. The van der Waals surface area contributed by atoms with E-state index in [9.17, 15) is 23.6 Å². The third-order valence-corrected chi connectivity index (χ3v) is 6.15. The van der Waals surface area contributed by atoms with Crippen LogP contribution in [0.15, 0.2) is 30.5 Å². The van der Waals surface area contributed by atoms with Gasteiger partial charge in [0.25, 0.3) is 5.92 Å². The van der Waals surface area contributed by atoms with Crippen LogP contribution in [-0.2, 0) is 16.0 Å². The number of hydrogen-bond acceptors (Lipinski definition) is 4. The molecule has 2 N–H and O–H groups in total. The van der Waals surface area contributed by atoms with E-state index in [2.05, 4.69) is 10.3 Å². The minimum Gasteiger partial charge on any atom is -0.444 e. The number of carbonyl (C=O) groups excluding carboxylic acids is 2. The highest BCUT2D eigenvalue weighted by atomic mass is 19.3. The number of benzene rings is 1. The lowest BCUT2D eigenvalue weighted by Crippen LogP contribution is -2.59. The van der Waals surface area contributed by atoms with Crippen molar-refractivity contribution in [3.8, 4) is 6.07 Å². The van der Waals surface area contributed by atoms with Gasteiger partial charge in [0.1, 0.15) is 17.7 Å². The van der Waals surface area contributed by atoms with Gasteiger partial charge in [0, 0.05) is 41.9 Å². The van der Waals surface area contributed by atoms with Crippen molar-refractivity contribution in [2.45, 2.75) is 83.5 Å². The van der Waals surface area contributed by atoms with Crippen LogP contribution in [0.5, 0.6) is 0 Å². The van der Waals surface area contributed by atoms with Crippen molar-refractivity contribution in [3.05, 3.63) is 36.0 Å². The molecule has 7 nitrogen and oxygen atoms in total. The Kier molecular flexibility index (Phi) is 7.20. The minimum atomic E-state index is -2.88.